The SMILES string of the molecule is CCN(CC)c1ccc2c(-c3cc(-c4ccccn4)nc(-c4ccccn4)c3)c3ccc(=[N+](CC)CC)cc-3oc2c1. The van der Waals surface area contributed by atoms with Gasteiger partial charge in [0.05, 0.1) is 28.8 Å². The molecule has 4 aromatic rings. The third-order valence-corrected chi connectivity index (χ3v) is 7.91. The molecule has 6 nitrogen and oxygen atoms in total. The van der Waals surface area contributed by atoms with Gasteiger partial charge in [0.1, 0.15) is 24.4 Å². The minimum Gasteiger partial charge on any atom is -0.456 e. The van der Waals surface area contributed by atoms with Crippen LogP contribution in [0.4, 0.5) is 5.69 Å². The molecular weight excluding hydrogens is 518 g/mol. The Morgan fingerprint density at radius 3 is 1.93 bits per heavy atom. The summed E-state index contributed by atoms with van der Waals surface area (Å²) >= 11 is 0. The van der Waals surface area contributed by atoms with E-state index in [1.54, 1.807) is 12.4 Å². The van der Waals surface area contributed by atoms with E-state index in [2.05, 4.69) is 95.7 Å². The van der Waals surface area contributed by atoms with Gasteiger partial charge in [-0.15, -0.1) is 0 Å². The van der Waals surface area contributed by atoms with Crippen LogP contribution in [0.25, 0.3) is 56.2 Å². The molecule has 0 bridgehead atoms. The van der Waals surface area contributed by atoms with E-state index in [0.717, 1.165) is 93.4 Å². The van der Waals surface area contributed by atoms with Gasteiger partial charge in [-0.1, -0.05) is 12.1 Å². The summed E-state index contributed by atoms with van der Waals surface area (Å²) in [4.78, 5) is 16.6. The molecule has 0 saturated heterocycles. The van der Waals surface area contributed by atoms with E-state index in [9.17, 15) is 0 Å². The van der Waals surface area contributed by atoms with Crippen molar-refractivity contribution in [2.75, 3.05) is 31.1 Å². The van der Waals surface area contributed by atoms with Crippen LogP contribution in [0, 0.1) is 0 Å². The zero-order valence-corrected chi connectivity index (χ0v) is 24.7. The number of nitrogens with zero attached hydrogens (tertiary/aromatic N) is 5. The first-order valence-electron chi connectivity index (χ1n) is 14.8. The number of fused-ring (bicyclic) bond motifs is 2. The fourth-order valence-electron chi connectivity index (χ4n) is 5.72. The third kappa shape index (κ3) is 5.16. The van der Waals surface area contributed by atoms with Crippen molar-refractivity contribution in [3.63, 3.8) is 0 Å². The molecule has 1 aliphatic heterocycles. The number of pyridine rings is 3. The number of hydrogen-bond acceptors (Lipinski definition) is 5. The number of anilines is 1. The standard InChI is InChI=1S/C36H36N5O/c1-5-40(6-2)26-15-17-28-34(23-26)42-35-24-27(41(7-3)8-4)16-18-29(35)36(28)25-21-32(30-13-9-11-19-37-30)39-33(22-25)31-14-10-12-20-38-31/h9-24H,5-8H2,1-4H3/q+1. The summed E-state index contributed by atoms with van der Waals surface area (Å²) in [6.45, 7) is 12.5. The molecule has 1 aliphatic carbocycles. The molecule has 0 atom stereocenters. The van der Waals surface area contributed by atoms with Gasteiger partial charge in [-0.2, -0.15) is 0 Å². The molecule has 6 rings (SSSR count). The van der Waals surface area contributed by atoms with Crippen molar-refractivity contribution >= 4 is 16.7 Å². The van der Waals surface area contributed by atoms with Crippen molar-refractivity contribution in [2.45, 2.75) is 27.7 Å². The summed E-state index contributed by atoms with van der Waals surface area (Å²) < 4.78 is 9.05. The van der Waals surface area contributed by atoms with E-state index in [-0.39, 0.29) is 0 Å². The zero-order valence-electron chi connectivity index (χ0n) is 24.7. The molecule has 0 saturated carbocycles. The van der Waals surface area contributed by atoms with Crippen LogP contribution < -0.4 is 14.8 Å². The molecule has 0 unspecified atom stereocenters. The van der Waals surface area contributed by atoms with Crippen LogP contribution in [0.1, 0.15) is 27.7 Å². The molecule has 3 aromatic heterocycles. The lowest BCUT2D eigenvalue weighted by atomic mass is 9.92. The highest BCUT2D eigenvalue weighted by Gasteiger charge is 2.21. The van der Waals surface area contributed by atoms with E-state index in [0.29, 0.717) is 0 Å². The van der Waals surface area contributed by atoms with Crippen molar-refractivity contribution in [1.82, 2.24) is 19.5 Å². The van der Waals surface area contributed by atoms with E-state index < -0.39 is 0 Å². The maximum Gasteiger partial charge on any atom is 0.203 e. The van der Waals surface area contributed by atoms with Crippen LogP contribution in [0.3, 0.4) is 0 Å². The molecule has 4 heterocycles. The van der Waals surface area contributed by atoms with Crippen LogP contribution in [-0.2, 0) is 0 Å². The Hall–Kier alpha value is -4.84. The molecule has 0 radical (unpaired) electrons. The maximum absolute atomic E-state index is 6.70. The molecule has 0 N–H and O–H groups in total. The van der Waals surface area contributed by atoms with E-state index >= 15 is 0 Å². The molecule has 0 spiro atoms. The Morgan fingerprint density at radius 1 is 0.690 bits per heavy atom. The van der Waals surface area contributed by atoms with Gasteiger partial charge in [-0.3, -0.25) is 9.97 Å². The lowest BCUT2D eigenvalue weighted by Crippen LogP contribution is -2.29. The Bertz CT molecular complexity index is 1810. The van der Waals surface area contributed by atoms with Crippen LogP contribution in [0.5, 0.6) is 0 Å². The Kier molecular flexibility index (Phi) is 7.78. The predicted molar refractivity (Wildman–Crippen MR) is 172 cm³/mol. The lowest BCUT2D eigenvalue weighted by molar-refractivity contribution is 0.604. The average Bonchev–Trinajstić information content (AvgIpc) is 3.05. The summed E-state index contributed by atoms with van der Waals surface area (Å²) in [5.41, 5.74) is 8.46. The second-order valence-corrected chi connectivity index (χ2v) is 10.2. The fourth-order valence-corrected chi connectivity index (χ4v) is 5.72. The summed E-state index contributed by atoms with van der Waals surface area (Å²) in [6, 6.07) is 29.2. The van der Waals surface area contributed by atoms with Crippen LogP contribution in [0.2, 0.25) is 0 Å². The van der Waals surface area contributed by atoms with Crippen LogP contribution >= 0.6 is 0 Å². The molecule has 6 heteroatoms. The Labute approximate surface area is 247 Å². The van der Waals surface area contributed by atoms with Crippen molar-refractivity contribution in [3.05, 3.63) is 103 Å². The highest BCUT2D eigenvalue weighted by atomic mass is 16.3. The predicted octanol–water partition coefficient (Wildman–Crippen LogP) is 7.38. The first-order valence-corrected chi connectivity index (χ1v) is 14.8. The summed E-state index contributed by atoms with van der Waals surface area (Å²) in [5, 5.41) is 2.21. The molecule has 210 valence electrons. The maximum atomic E-state index is 6.70. The van der Waals surface area contributed by atoms with E-state index in [1.165, 1.54) is 0 Å². The second kappa shape index (κ2) is 12.0. The highest BCUT2D eigenvalue weighted by molar-refractivity contribution is 6.03. The topological polar surface area (TPSA) is 58.1 Å². The second-order valence-electron chi connectivity index (χ2n) is 10.2. The minimum atomic E-state index is 0.801. The van der Waals surface area contributed by atoms with Crippen molar-refractivity contribution in [3.8, 4) is 45.2 Å². The molecule has 0 amide bonds. The van der Waals surface area contributed by atoms with Gasteiger partial charge in [-0.25, -0.2) is 9.56 Å². The number of hydrogen-bond donors (Lipinski definition) is 0. The first kappa shape index (κ1) is 27.3. The monoisotopic (exact) mass is 554 g/mol. The number of aromatic nitrogens is 3. The summed E-state index contributed by atoms with van der Waals surface area (Å²) in [5.74, 6) is 0.856. The highest BCUT2D eigenvalue weighted by Crippen LogP contribution is 2.42. The van der Waals surface area contributed by atoms with E-state index in [4.69, 9.17) is 9.40 Å². The number of benzene rings is 2. The normalized spacial score (nSPS) is 11.2. The molecule has 0 fully saturated rings. The Morgan fingerprint density at radius 2 is 1.36 bits per heavy atom. The molecule has 1 aromatic carbocycles. The summed E-state index contributed by atoms with van der Waals surface area (Å²) in [7, 11) is 0. The third-order valence-electron chi connectivity index (χ3n) is 7.91. The number of rotatable bonds is 8. The van der Waals surface area contributed by atoms with Crippen molar-refractivity contribution < 1.29 is 4.42 Å². The average molecular weight is 555 g/mol. The van der Waals surface area contributed by atoms with Crippen molar-refractivity contribution in [2.24, 2.45) is 0 Å². The van der Waals surface area contributed by atoms with Crippen LogP contribution in [0.15, 0.2) is 102 Å². The molecule has 2 aliphatic rings. The molecular formula is C36H36N5O+. The summed E-state index contributed by atoms with van der Waals surface area (Å²) in [6.07, 6.45) is 3.61. The van der Waals surface area contributed by atoms with Crippen LogP contribution in [-0.4, -0.2) is 41.1 Å². The largest absolute Gasteiger partial charge is 0.456 e. The van der Waals surface area contributed by atoms with Gasteiger partial charge in [0.15, 0.2) is 0 Å². The Balaban J connectivity index is 1.70. The first-order chi connectivity index (χ1) is 20.6. The smallest absolute Gasteiger partial charge is 0.203 e. The van der Waals surface area contributed by atoms with Gasteiger partial charge in [-0.05, 0) is 87.9 Å². The molecule has 42 heavy (non-hydrogen) atoms. The van der Waals surface area contributed by atoms with Gasteiger partial charge >= 0.3 is 0 Å². The quantitative estimate of drug-likeness (QED) is 0.145. The van der Waals surface area contributed by atoms with Crippen molar-refractivity contribution in [1.29, 1.82) is 0 Å². The van der Waals surface area contributed by atoms with Gasteiger partial charge < -0.3 is 9.32 Å². The lowest BCUT2D eigenvalue weighted by Gasteiger charge is -2.22. The minimum absolute atomic E-state index is 0.801. The fraction of sp³-hybridized carbons (Fsp3) is 0.222. The van der Waals surface area contributed by atoms with Gasteiger partial charge in [0.2, 0.25) is 5.36 Å². The zero-order chi connectivity index (χ0) is 29.1. The van der Waals surface area contributed by atoms with Gasteiger partial charge in [0, 0.05) is 59.8 Å². The van der Waals surface area contributed by atoms with Gasteiger partial charge in [0.25, 0.3) is 0 Å². The van der Waals surface area contributed by atoms with E-state index in [1.807, 2.05) is 36.4 Å².